The number of nitrogens with zero attached hydrogens (tertiary/aromatic N) is 1. The molecule has 0 aliphatic carbocycles. The third-order valence-electron chi connectivity index (χ3n) is 2.74. The first kappa shape index (κ1) is 15.2. The van der Waals surface area contributed by atoms with Crippen LogP contribution < -0.4 is 0 Å². The van der Waals surface area contributed by atoms with Gasteiger partial charge in [0.2, 0.25) is 0 Å². The van der Waals surface area contributed by atoms with Crippen LogP contribution in [0.5, 0.6) is 0 Å². The van der Waals surface area contributed by atoms with Crippen molar-refractivity contribution in [2.24, 2.45) is 0 Å². The Balaban J connectivity index is 2.54. The lowest BCUT2D eigenvalue weighted by molar-refractivity contribution is 0.0868. The second-order valence-corrected chi connectivity index (χ2v) is 4.38. The molecule has 0 aliphatic rings. The van der Waals surface area contributed by atoms with Gasteiger partial charge < -0.3 is 4.74 Å². The van der Waals surface area contributed by atoms with Crippen molar-refractivity contribution in [3.63, 3.8) is 0 Å². The lowest BCUT2D eigenvalue weighted by atomic mass is 10.1. The summed E-state index contributed by atoms with van der Waals surface area (Å²) in [6, 6.07) is 7.16. The number of halogens is 1. The van der Waals surface area contributed by atoms with Crippen LogP contribution >= 0.6 is 11.6 Å². The summed E-state index contributed by atoms with van der Waals surface area (Å²) in [6.45, 7) is 7.32. The highest BCUT2D eigenvalue weighted by molar-refractivity contribution is 6.34. The van der Waals surface area contributed by atoms with Crippen LogP contribution in [-0.2, 0) is 4.74 Å². The molecular formula is C14H20ClNO2. The van der Waals surface area contributed by atoms with Crippen molar-refractivity contribution >= 4 is 17.4 Å². The molecule has 0 aromatic heterocycles. The summed E-state index contributed by atoms with van der Waals surface area (Å²) in [5.41, 5.74) is 0.592. The van der Waals surface area contributed by atoms with E-state index in [2.05, 4.69) is 4.90 Å². The van der Waals surface area contributed by atoms with Gasteiger partial charge in [0.1, 0.15) is 0 Å². The molecule has 0 heterocycles. The second kappa shape index (κ2) is 8.25. The Bertz CT molecular complexity index is 382. The van der Waals surface area contributed by atoms with E-state index in [1.807, 2.05) is 26.0 Å². The molecule has 4 heteroatoms. The third kappa shape index (κ3) is 4.77. The van der Waals surface area contributed by atoms with E-state index in [4.69, 9.17) is 16.3 Å². The number of benzene rings is 1. The Morgan fingerprint density at radius 1 is 1.33 bits per heavy atom. The highest BCUT2D eigenvalue weighted by atomic mass is 35.5. The molecule has 0 atom stereocenters. The minimum atomic E-state index is 0.0546. The maximum absolute atomic E-state index is 12.1. The summed E-state index contributed by atoms with van der Waals surface area (Å²) in [7, 11) is 0. The normalized spacial score (nSPS) is 10.9. The van der Waals surface area contributed by atoms with Crippen LogP contribution in [0.15, 0.2) is 24.3 Å². The molecule has 0 amide bonds. The zero-order valence-corrected chi connectivity index (χ0v) is 11.7. The summed E-state index contributed by atoms with van der Waals surface area (Å²) in [5.74, 6) is 0.0546. The van der Waals surface area contributed by atoms with Crippen molar-refractivity contribution in [1.82, 2.24) is 4.90 Å². The van der Waals surface area contributed by atoms with Crippen LogP contribution in [0.1, 0.15) is 24.2 Å². The maximum Gasteiger partial charge on any atom is 0.178 e. The summed E-state index contributed by atoms with van der Waals surface area (Å²) >= 11 is 6.01. The van der Waals surface area contributed by atoms with Gasteiger partial charge in [0.25, 0.3) is 0 Å². The van der Waals surface area contributed by atoms with Crippen LogP contribution in [0, 0.1) is 0 Å². The van der Waals surface area contributed by atoms with Crippen LogP contribution in [-0.4, -0.2) is 43.5 Å². The molecule has 0 spiro atoms. The molecule has 1 aromatic carbocycles. The van der Waals surface area contributed by atoms with Crippen molar-refractivity contribution in [2.75, 3.05) is 32.8 Å². The predicted molar refractivity (Wildman–Crippen MR) is 74.4 cm³/mol. The van der Waals surface area contributed by atoms with Gasteiger partial charge in [-0.3, -0.25) is 9.69 Å². The Kier molecular flexibility index (Phi) is 6.94. The van der Waals surface area contributed by atoms with Crippen LogP contribution in [0.25, 0.3) is 0 Å². The first-order valence-corrected chi connectivity index (χ1v) is 6.64. The monoisotopic (exact) mass is 269 g/mol. The minimum Gasteiger partial charge on any atom is -0.380 e. The van der Waals surface area contributed by atoms with Crippen molar-refractivity contribution in [3.8, 4) is 0 Å². The smallest absolute Gasteiger partial charge is 0.178 e. The Morgan fingerprint density at radius 3 is 2.67 bits per heavy atom. The van der Waals surface area contributed by atoms with E-state index in [0.29, 0.717) is 30.3 Å². The lowest BCUT2D eigenvalue weighted by Crippen LogP contribution is -2.32. The van der Waals surface area contributed by atoms with E-state index in [0.717, 1.165) is 13.1 Å². The highest BCUT2D eigenvalue weighted by Crippen LogP contribution is 2.15. The molecule has 1 aromatic rings. The van der Waals surface area contributed by atoms with Gasteiger partial charge in [-0.25, -0.2) is 0 Å². The van der Waals surface area contributed by atoms with E-state index in [1.165, 1.54) is 0 Å². The van der Waals surface area contributed by atoms with Crippen LogP contribution in [0.4, 0.5) is 0 Å². The molecule has 0 fully saturated rings. The Hall–Kier alpha value is -0.900. The summed E-state index contributed by atoms with van der Waals surface area (Å²) in [6.07, 6.45) is 0. The van der Waals surface area contributed by atoms with Gasteiger partial charge in [-0.1, -0.05) is 30.7 Å². The fourth-order valence-corrected chi connectivity index (χ4v) is 1.90. The number of hydrogen-bond donors (Lipinski definition) is 0. The Morgan fingerprint density at radius 2 is 2.06 bits per heavy atom. The number of carbonyl (C=O) groups excluding carboxylic acids is 1. The largest absolute Gasteiger partial charge is 0.380 e. The SMILES string of the molecule is CCOCCN(CC)CC(=O)c1ccccc1Cl. The van der Waals surface area contributed by atoms with E-state index in [-0.39, 0.29) is 5.78 Å². The van der Waals surface area contributed by atoms with Gasteiger partial charge in [-0.15, -0.1) is 0 Å². The van der Waals surface area contributed by atoms with E-state index in [9.17, 15) is 4.79 Å². The standard InChI is InChI=1S/C14H20ClNO2/c1-3-16(9-10-18-4-2)11-14(17)12-7-5-6-8-13(12)15/h5-8H,3-4,9-11H2,1-2H3. The minimum absolute atomic E-state index is 0.0546. The number of ketones is 1. The van der Waals surface area contributed by atoms with Crippen molar-refractivity contribution in [3.05, 3.63) is 34.9 Å². The number of carbonyl (C=O) groups is 1. The Labute approximate surface area is 114 Å². The lowest BCUT2D eigenvalue weighted by Gasteiger charge is -2.19. The molecular weight excluding hydrogens is 250 g/mol. The summed E-state index contributed by atoms with van der Waals surface area (Å²) in [4.78, 5) is 14.2. The molecule has 3 nitrogen and oxygen atoms in total. The van der Waals surface area contributed by atoms with Gasteiger partial charge in [0.05, 0.1) is 18.2 Å². The van der Waals surface area contributed by atoms with Crippen LogP contribution in [0.2, 0.25) is 5.02 Å². The first-order valence-electron chi connectivity index (χ1n) is 6.26. The number of hydrogen-bond acceptors (Lipinski definition) is 3. The zero-order valence-electron chi connectivity index (χ0n) is 11.0. The third-order valence-corrected chi connectivity index (χ3v) is 3.07. The number of Topliss-reactive ketones (excluding diaryl/α,β-unsaturated/α-hetero) is 1. The average Bonchev–Trinajstić information content (AvgIpc) is 2.38. The second-order valence-electron chi connectivity index (χ2n) is 3.97. The fraction of sp³-hybridized carbons (Fsp3) is 0.500. The van der Waals surface area contributed by atoms with E-state index >= 15 is 0 Å². The molecule has 0 aliphatic heterocycles. The average molecular weight is 270 g/mol. The number of ether oxygens (including phenoxy) is 1. The number of likely N-dealkylation sites (N-methyl/N-ethyl adjacent to an activating group) is 1. The predicted octanol–water partition coefficient (Wildman–Crippen LogP) is 2.88. The van der Waals surface area contributed by atoms with Gasteiger partial charge in [-0.2, -0.15) is 0 Å². The molecule has 0 bridgehead atoms. The molecule has 0 saturated carbocycles. The van der Waals surface area contributed by atoms with Crippen molar-refractivity contribution < 1.29 is 9.53 Å². The van der Waals surface area contributed by atoms with Gasteiger partial charge in [0.15, 0.2) is 5.78 Å². The molecule has 0 unspecified atom stereocenters. The first-order chi connectivity index (χ1) is 8.69. The van der Waals surface area contributed by atoms with Gasteiger partial charge in [-0.05, 0) is 25.6 Å². The van der Waals surface area contributed by atoms with Crippen LogP contribution in [0.3, 0.4) is 0 Å². The number of rotatable bonds is 8. The van der Waals surface area contributed by atoms with E-state index < -0.39 is 0 Å². The molecule has 0 radical (unpaired) electrons. The maximum atomic E-state index is 12.1. The van der Waals surface area contributed by atoms with Gasteiger partial charge in [0, 0.05) is 18.7 Å². The van der Waals surface area contributed by atoms with Crippen molar-refractivity contribution in [1.29, 1.82) is 0 Å². The molecule has 100 valence electrons. The topological polar surface area (TPSA) is 29.5 Å². The fourth-order valence-electron chi connectivity index (χ4n) is 1.66. The quantitative estimate of drug-likeness (QED) is 0.537. The highest BCUT2D eigenvalue weighted by Gasteiger charge is 2.13. The van der Waals surface area contributed by atoms with Gasteiger partial charge >= 0.3 is 0 Å². The molecule has 18 heavy (non-hydrogen) atoms. The zero-order chi connectivity index (χ0) is 13.4. The molecule has 1 rings (SSSR count). The molecule has 0 N–H and O–H groups in total. The summed E-state index contributed by atoms with van der Waals surface area (Å²) < 4.78 is 5.30. The van der Waals surface area contributed by atoms with Crippen molar-refractivity contribution in [2.45, 2.75) is 13.8 Å². The summed E-state index contributed by atoms with van der Waals surface area (Å²) in [5, 5.41) is 0.517. The molecule has 0 saturated heterocycles. The van der Waals surface area contributed by atoms with E-state index in [1.54, 1.807) is 12.1 Å².